The van der Waals surface area contributed by atoms with Crippen molar-refractivity contribution in [3.63, 3.8) is 0 Å². The molecule has 0 bridgehead atoms. The van der Waals surface area contributed by atoms with Crippen molar-refractivity contribution in [1.29, 1.82) is 0 Å². The summed E-state index contributed by atoms with van der Waals surface area (Å²) in [5.41, 5.74) is 3.25. The van der Waals surface area contributed by atoms with E-state index < -0.39 is 0 Å². The quantitative estimate of drug-likeness (QED) is 0.856. The third kappa shape index (κ3) is 2.18. The van der Waals surface area contributed by atoms with Crippen LogP contribution in [0.2, 0.25) is 0 Å². The number of H-pyrrole nitrogens is 1. The molecule has 0 aliphatic carbocycles. The van der Waals surface area contributed by atoms with E-state index in [1.165, 1.54) is 6.42 Å². The van der Waals surface area contributed by atoms with Gasteiger partial charge >= 0.3 is 0 Å². The number of hydrogen-bond acceptors (Lipinski definition) is 3. The molecular formula is C13H19N5. The molecule has 2 aromatic rings. The summed E-state index contributed by atoms with van der Waals surface area (Å²) in [4.78, 5) is 7.90. The molecule has 3 rings (SSSR count). The van der Waals surface area contributed by atoms with Gasteiger partial charge in [0.2, 0.25) is 0 Å². The molecule has 0 spiro atoms. The maximum atomic E-state index is 4.49. The number of aromatic amines is 1. The Morgan fingerprint density at radius 2 is 2.39 bits per heavy atom. The molecule has 5 heteroatoms. The Bertz CT molecular complexity index is 533. The predicted octanol–water partition coefficient (Wildman–Crippen LogP) is 1.27. The van der Waals surface area contributed by atoms with E-state index >= 15 is 0 Å². The van der Waals surface area contributed by atoms with Crippen LogP contribution in [0.1, 0.15) is 17.9 Å². The molecule has 1 unspecified atom stereocenters. The molecule has 1 fully saturated rings. The fourth-order valence-corrected chi connectivity index (χ4v) is 2.63. The zero-order valence-corrected chi connectivity index (χ0v) is 10.9. The van der Waals surface area contributed by atoms with Gasteiger partial charge in [0.1, 0.15) is 5.82 Å². The lowest BCUT2D eigenvalue weighted by molar-refractivity contribution is 0.565. The Morgan fingerprint density at radius 1 is 1.50 bits per heavy atom. The molecule has 0 radical (unpaired) electrons. The van der Waals surface area contributed by atoms with Gasteiger partial charge in [0, 0.05) is 25.2 Å². The van der Waals surface area contributed by atoms with Crippen LogP contribution < -0.4 is 5.32 Å². The van der Waals surface area contributed by atoms with Gasteiger partial charge < -0.3 is 10.3 Å². The van der Waals surface area contributed by atoms with Crippen LogP contribution in [-0.4, -0.2) is 32.8 Å². The lowest BCUT2D eigenvalue weighted by atomic mass is 10.1. The number of rotatable bonds is 3. The van der Waals surface area contributed by atoms with E-state index in [1.807, 2.05) is 31.0 Å². The van der Waals surface area contributed by atoms with Gasteiger partial charge in [-0.25, -0.2) is 4.98 Å². The number of aromatic nitrogens is 4. The minimum absolute atomic E-state index is 0.721. The van der Waals surface area contributed by atoms with Gasteiger partial charge in [0.05, 0.1) is 17.6 Å². The van der Waals surface area contributed by atoms with Crippen molar-refractivity contribution in [3.8, 4) is 11.3 Å². The van der Waals surface area contributed by atoms with E-state index in [9.17, 15) is 0 Å². The lowest BCUT2D eigenvalue weighted by Gasteiger charge is -2.04. The fraction of sp³-hybridized carbons (Fsp3) is 0.538. The maximum absolute atomic E-state index is 4.49. The molecule has 18 heavy (non-hydrogen) atoms. The van der Waals surface area contributed by atoms with E-state index in [-0.39, 0.29) is 0 Å². The van der Waals surface area contributed by atoms with Crippen molar-refractivity contribution in [3.05, 3.63) is 23.9 Å². The van der Waals surface area contributed by atoms with Crippen molar-refractivity contribution in [2.75, 3.05) is 13.1 Å². The first-order chi connectivity index (χ1) is 8.72. The topological polar surface area (TPSA) is 58.5 Å². The van der Waals surface area contributed by atoms with Gasteiger partial charge in [-0.05, 0) is 32.4 Å². The summed E-state index contributed by atoms with van der Waals surface area (Å²) in [6.07, 6.45) is 6.24. The molecule has 1 aliphatic rings. The SMILES string of the molecule is Cc1nn(C)cc1-c1cnc(CC2CCNC2)[nH]1. The van der Waals surface area contributed by atoms with Crippen molar-refractivity contribution in [1.82, 2.24) is 25.1 Å². The Kier molecular flexibility index (Phi) is 2.91. The Labute approximate surface area is 107 Å². The molecule has 1 aliphatic heterocycles. The average molecular weight is 245 g/mol. The summed E-state index contributed by atoms with van der Waals surface area (Å²) >= 11 is 0. The molecule has 3 heterocycles. The van der Waals surface area contributed by atoms with Crippen molar-refractivity contribution in [2.45, 2.75) is 19.8 Å². The molecule has 2 aromatic heterocycles. The minimum Gasteiger partial charge on any atom is -0.342 e. The van der Waals surface area contributed by atoms with Crippen LogP contribution in [-0.2, 0) is 13.5 Å². The molecule has 2 N–H and O–H groups in total. The third-order valence-electron chi connectivity index (χ3n) is 3.58. The summed E-state index contributed by atoms with van der Waals surface area (Å²) in [5, 5.41) is 7.75. The second-order valence-corrected chi connectivity index (χ2v) is 5.11. The van der Waals surface area contributed by atoms with Crippen molar-refractivity contribution < 1.29 is 0 Å². The van der Waals surface area contributed by atoms with Gasteiger partial charge in [0.15, 0.2) is 0 Å². The summed E-state index contributed by atoms with van der Waals surface area (Å²) in [6.45, 7) is 4.28. The summed E-state index contributed by atoms with van der Waals surface area (Å²) in [6, 6.07) is 0. The number of aryl methyl sites for hydroxylation is 2. The molecule has 96 valence electrons. The summed E-state index contributed by atoms with van der Waals surface area (Å²) in [5.74, 6) is 1.81. The molecule has 0 amide bonds. The first kappa shape index (κ1) is 11.5. The van der Waals surface area contributed by atoms with Gasteiger partial charge in [0.25, 0.3) is 0 Å². The monoisotopic (exact) mass is 245 g/mol. The molecule has 0 aromatic carbocycles. The van der Waals surface area contributed by atoms with Crippen LogP contribution in [0.3, 0.4) is 0 Å². The van der Waals surface area contributed by atoms with Crippen LogP contribution in [0.5, 0.6) is 0 Å². The van der Waals surface area contributed by atoms with Crippen LogP contribution >= 0.6 is 0 Å². The highest BCUT2D eigenvalue weighted by molar-refractivity contribution is 5.60. The second kappa shape index (κ2) is 4.57. The summed E-state index contributed by atoms with van der Waals surface area (Å²) < 4.78 is 1.84. The van der Waals surface area contributed by atoms with E-state index in [0.717, 1.165) is 48.2 Å². The fourth-order valence-electron chi connectivity index (χ4n) is 2.63. The Hall–Kier alpha value is -1.62. The number of nitrogens with zero attached hydrogens (tertiary/aromatic N) is 3. The first-order valence-corrected chi connectivity index (χ1v) is 6.47. The second-order valence-electron chi connectivity index (χ2n) is 5.11. The molecule has 1 saturated heterocycles. The molecule has 0 saturated carbocycles. The zero-order valence-electron chi connectivity index (χ0n) is 10.9. The van der Waals surface area contributed by atoms with Crippen LogP contribution in [0.4, 0.5) is 0 Å². The van der Waals surface area contributed by atoms with Gasteiger partial charge in [-0.15, -0.1) is 0 Å². The molecule has 1 atom stereocenters. The third-order valence-corrected chi connectivity index (χ3v) is 3.58. The van der Waals surface area contributed by atoms with Crippen LogP contribution in [0.15, 0.2) is 12.4 Å². The average Bonchev–Trinajstić information content (AvgIpc) is 3.01. The Balaban J connectivity index is 1.78. The van der Waals surface area contributed by atoms with Crippen LogP contribution in [0.25, 0.3) is 11.3 Å². The predicted molar refractivity (Wildman–Crippen MR) is 70.2 cm³/mol. The highest BCUT2D eigenvalue weighted by Gasteiger charge is 2.17. The minimum atomic E-state index is 0.721. The van der Waals surface area contributed by atoms with Gasteiger partial charge in [-0.2, -0.15) is 5.10 Å². The van der Waals surface area contributed by atoms with E-state index in [4.69, 9.17) is 0 Å². The Morgan fingerprint density at radius 3 is 3.06 bits per heavy atom. The van der Waals surface area contributed by atoms with E-state index in [0.29, 0.717) is 0 Å². The number of nitrogens with one attached hydrogen (secondary N) is 2. The van der Waals surface area contributed by atoms with Gasteiger partial charge in [-0.1, -0.05) is 0 Å². The maximum Gasteiger partial charge on any atom is 0.106 e. The van der Waals surface area contributed by atoms with Crippen molar-refractivity contribution >= 4 is 0 Å². The normalized spacial score (nSPS) is 19.6. The summed E-state index contributed by atoms with van der Waals surface area (Å²) in [7, 11) is 1.94. The lowest BCUT2D eigenvalue weighted by Crippen LogP contribution is -2.11. The largest absolute Gasteiger partial charge is 0.342 e. The number of hydrogen-bond donors (Lipinski definition) is 2. The van der Waals surface area contributed by atoms with Crippen molar-refractivity contribution in [2.24, 2.45) is 13.0 Å². The first-order valence-electron chi connectivity index (χ1n) is 6.47. The number of imidazole rings is 1. The van der Waals surface area contributed by atoms with Gasteiger partial charge in [-0.3, -0.25) is 4.68 Å². The molecular weight excluding hydrogens is 226 g/mol. The van der Waals surface area contributed by atoms with Crippen LogP contribution in [0, 0.1) is 12.8 Å². The highest BCUT2D eigenvalue weighted by atomic mass is 15.2. The van der Waals surface area contributed by atoms with E-state index in [2.05, 4.69) is 20.4 Å². The zero-order chi connectivity index (χ0) is 12.5. The highest BCUT2D eigenvalue weighted by Crippen LogP contribution is 2.21. The smallest absolute Gasteiger partial charge is 0.106 e. The standard InChI is InChI=1S/C13H19N5/c1-9-11(8-18(2)17-9)12-7-15-13(16-12)5-10-3-4-14-6-10/h7-8,10,14H,3-6H2,1-2H3,(H,15,16). The molecule has 5 nitrogen and oxygen atoms in total. The van der Waals surface area contributed by atoms with E-state index in [1.54, 1.807) is 0 Å².